The molecule has 3 fully saturated rings. The normalized spacial score (nSPS) is 40.9. The van der Waals surface area contributed by atoms with Gasteiger partial charge in [-0.2, -0.15) is 0 Å². The molecule has 2 heteroatoms. The Morgan fingerprint density at radius 1 is 0.963 bits per heavy atom. The van der Waals surface area contributed by atoms with Gasteiger partial charge in [0.25, 0.3) is 0 Å². The molecular formula is C25H35BrSi. The highest BCUT2D eigenvalue weighted by atomic mass is 79.9. The molecule has 27 heavy (non-hydrogen) atoms. The Balaban J connectivity index is 1.44. The molecule has 1 aromatic carbocycles. The highest BCUT2D eigenvalue weighted by Crippen LogP contribution is 2.62. The van der Waals surface area contributed by atoms with Crippen molar-refractivity contribution < 1.29 is 0 Å². The summed E-state index contributed by atoms with van der Waals surface area (Å²) in [6, 6.07) is 9.11. The number of allylic oxidation sites excluding steroid dienone is 1. The summed E-state index contributed by atoms with van der Waals surface area (Å²) in [6.45, 7) is 8.03. The predicted octanol–water partition coefficient (Wildman–Crippen LogP) is 7.49. The molecule has 0 radical (unpaired) electrons. The number of benzene rings is 1. The summed E-state index contributed by atoms with van der Waals surface area (Å²) in [4.78, 5) is 0.800. The number of hydrogen-bond acceptors (Lipinski definition) is 0. The lowest BCUT2D eigenvalue weighted by Crippen LogP contribution is -2.46. The van der Waals surface area contributed by atoms with Gasteiger partial charge < -0.3 is 0 Å². The van der Waals surface area contributed by atoms with Crippen molar-refractivity contribution in [1.82, 2.24) is 0 Å². The smallest absolute Gasteiger partial charge is 0.0795 e. The fraction of sp³-hybridized carbons (Fsp3) is 0.680. The van der Waals surface area contributed by atoms with E-state index in [0.717, 1.165) is 40.0 Å². The Kier molecular flexibility index (Phi) is 4.75. The molecule has 146 valence electrons. The predicted molar refractivity (Wildman–Crippen MR) is 123 cm³/mol. The van der Waals surface area contributed by atoms with E-state index in [0.29, 0.717) is 0 Å². The average molecular weight is 444 g/mol. The lowest BCUT2D eigenvalue weighted by atomic mass is 9.64. The minimum atomic E-state index is -1.45. The SMILES string of the molecule is CC1CC2C(Br)C3CCCCC3CC2C1[Si](C)(C)C1=Cc2ccccc2C1. The van der Waals surface area contributed by atoms with Crippen LogP contribution >= 0.6 is 15.9 Å². The van der Waals surface area contributed by atoms with Gasteiger partial charge in [-0.25, -0.2) is 0 Å². The molecule has 0 nitrogen and oxygen atoms in total. The molecule has 4 aliphatic carbocycles. The molecule has 0 aliphatic heterocycles. The summed E-state index contributed by atoms with van der Waals surface area (Å²) >= 11 is 4.27. The molecule has 0 spiro atoms. The quantitative estimate of drug-likeness (QED) is 0.328. The molecule has 5 rings (SSSR count). The van der Waals surface area contributed by atoms with Crippen molar-refractivity contribution in [2.24, 2.45) is 29.6 Å². The first kappa shape index (κ1) is 18.7. The van der Waals surface area contributed by atoms with Crippen molar-refractivity contribution in [2.75, 3.05) is 0 Å². The zero-order chi connectivity index (χ0) is 18.8. The first-order valence-electron chi connectivity index (χ1n) is 11.4. The van der Waals surface area contributed by atoms with Gasteiger partial charge in [-0.1, -0.05) is 90.7 Å². The van der Waals surface area contributed by atoms with E-state index >= 15 is 0 Å². The minimum Gasteiger partial charge on any atom is -0.0884 e. The fourth-order valence-electron chi connectivity index (χ4n) is 7.90. The van der Waals surface area contributed by atoms with E-state index in [1.165, 1.54) is 44.1 Å². The largest absolute Gasteiger partial charge is 0.0884 e. The maximum Gasteiger partial charge on any atom is 0.0795 e. The Bertz CT molecular complexity index is 750. The van der Waals surface area contributed by atoms with Crippen LogP contribution in [0.4, 0.5) is 0 Å². The summed E-state index contributed by atoms with van der Waals surface area (Å²) in [6.07, 6.45) is 12.8. The van der Waals surface area contributed by atoms with Crippen LogP contribution in [0, 0.1) is 29.6 Å². The highest BCUT2D eigenvalue weighted by molar-refractivity contribution is 9.09. The Morgan fingerprint density at radius 2 is 1.74 bits per heavy atom. The zero-order valence-corrected chi connectivity index (χ0v) is 19.8. The van der Waals surface area contributed by atoms with Crippen molar-refractivity contribution in [3.8, 4) is 0 Å². The van der Waals surface area contributed by atoms with Gasteiger partial charge in [0.05, 0.1) is 8.07 Å². The Hall–Kier alpha value is -0.343. The summed E-state index contributed by atoms with van der Waals surface area (Å²) in [5, 5.41) is 1.83. The van der Waals surface area contributed by atoms with Crippen LogP contribution < -0.4 is 0 Å². The van der Waals surface area contributed by atoms with Gasteiger partial charge in [-0.3, -0.25) is 0 Å². The van der Waals surface area contributed by atoms with Crippen LogP contribution in [0.1, 0.15) is 56.6 Å². The number of halogens is 1. The summed E-state index contributed by atoms with van der Waals surface area (Å²) in [7, 11) is -1.45. The van der Waals surface area contributed by atoms with Crippen molar-refractivity contribution in [3.05, 3.63) is 40.6 Å². The van der Waals surface area contributed by atoms with Crippen LogP contribution in [0.3, 0.4) is 0 Å². The molecule has 4 aliphatic rings. The van der Waals surface area contributed by atoms with E-state index in [1.807, 2.05) is 5.20 Å². The first-order chi connectivity index (χ1) is 13.0. The Morgan fingerprint density at radius 3 is 2.56 bits per heavy atom. The summed E-state index contributed by atoms with van der Waals surface area (Å²) in [5.74, 6) is 4.82. The molecule has 3 saturated carbocycles. The highest BCUT2D eigenvalue weighted by Gasteiger charge is 2.56. The van der Waals surface area contributed by atoms with Gasteiger partial charge in [-0.05, 0) is 71.9 Å². The molecular weight excluding hydrogens is 408 g/mol. The molecule has 0 saturated heterocycles. The topological polar surface area (TPSA) is 0 Å². The monoisotopic (exact) mass is 442 g/mol. The summed E-state index contributed by atoms with van der Waals surface area (Å²) < 4.78 is 0. The van der Waals surface area contributed by atoms with Gasteiger partial charge in [0.1, 0.15) is 0 Å². The van der Waals surface area contributed by atoms with E-state index in [1.54, 1.807) is 12.0 Å². The van der Waals surface area contributed by atoms with E-state index in [2.05, 4.69) is 66.3 Å². The van der Waals surface area contributed by atoms with Gasteiger partial charge in [0.15, 0.2) is 0 Å². The van der Waals surface area contributed by atoms with E-state index < -0.39 is 8.07 Å². The molecule has 0 amide bonds. The zero-order valence-electron chi connectivity index (χ0n) is 17.3. The van der Waals surface area contributed by atoms with Crippen LogP contribution in [0.15, 0.2) is 29.5 Å². The van der Waals surface area contributed by atoms with E-state index in [-0.39, 0.29) is 0 Å². The molecule has 0 heterocycles. The lowest BCUT2D eigenvalue weighted by molar-refractivity contribution is 0.104. The lowest BCUT2D eigenvalue weighted by Gasteiger charge is -2.49. The van der Waals surface area contributed by atoms with Crippen molar-refractivity contribution in [2.45, 2.75) is 75.3 Å². The standard InChI is InChI=1S/C25H35BrSi/c1-16-12-22-23(15-19-10-6-7-11-21(19)24(22)26)25(16)27(2,3)20-13-17-8-4-5-9-18(17)14-20/h4-5,8-9,13,16,19,21-25H,6-7,10-12,14-15H2,1-3H3. The second-order valence-electron chi connectivity index (χ2n) is 10.7. The molecule has 0 N–H and O–H groups in total. The maximum atomic E-state index is 4.27. The van der Waals surface area contributed by atoms with Gasteiger partial charge in [-0.15, -0.1) is 0 Å². The van der Waals surface area contributed by atoms with E-state index in [9.17, 15) is 0 Å². The molecule has 0 aromatic heterocycles. The fourth-order valence-corrected chi connectivity index (χ4v) is 13.8. The first-order valence-corrected chi connectivity index (χ1v) is 15.4. The number of rotatable bonds is 2. The molecule has 7 atom stereocenters. The maximum absolute atomic E-state index is 4.27. The third-order valence-corrected chi connectivity index (χ3v) is 15.1. The van der Waals surface area contributed by atoms with Crippen LogP contribution in [-0.2, 0) is 6.42 Å². The van der Waals surface area contributed by atoms with E-state index in [4.69, 9.17) is 0 Å². The molecule has 1 aromatic rings. The average Bonchev–Trinajstić information content (AvgIpc) is 3.23. The van der Waals surface area contributed by atoms with Crippen LogP contribution in [0.25, 0.3) is 6.08 Å². The van der Waals surface area contributed by atoms with Crippen LogP contribution in [-0.4, -0.2) is 12.9 Å². The van der Waals surface area contributed by atoms with Crippen LogP contribution in [0.5, 0.6) is 0 Å². The summed E-state index contributed by atoms with van der Waals surface area (Å²) in [5.41, 5.74) is 4.06. The molecule has 0 bridgehead atoms. The van der Waals surface area contributed by atoms with Gasteiger partial charge in [0.2, 0.25) is 0 Å². The van der Waals surface area contributed by atoms with Gasteiger partial charge in [0, 0.05) is 4.83 Å². The van der Waals surface area contributed by atoms with Crippen molar-refractivity contribution in [3.63, 3.8) is 0 Å². The number of fused-ring (bicyclic) bond motifs is 3. The second kappa shape index (κ2) is 6.87. The van der Waals surface area contributed by atoms with Gasteiger partial charge >= 0.3 is 0 Å². The van der Waals surface area contributed by atoms with Crippen molar-refractivity contribution >= 4 is 30.1 Å². The third kappa shape index (κ3) is 2.96. The molecule has 7 unspecified atom stereocenters. The van der Waals surface area contributed by atoms with Crippen molar-refractivity contribution in [1.29, 1.82) is 0 Å². The number of hydrogen-bond donors (Lipinski definition) is 0. The third-order valence-electron chi connectivity index (χ3n) is 9.06. The minimum absolute atomic E-state index is 0.800. The second-order valence-corrected chi connectivity index (χ2v) is 16.5. The Labute approximate surface area is 175 Å². The number of alkyl halides is 1. The van der Waals surface area contributed by atoms with Crippen LogP contribution in [0.2, 0.25) is 18.6 Å².